The molecule has 0 saturated heterocycles. The molecule has 0 aliphatic carbocycles. The van der Waals surface area contributed by atoms with Crippen LogP contribution in [0, 0.1) is 6.92 Å². The lowest BCUT2D eigenvalue weighted by atomic mass is 10.0. The standard InChI is InChI=1S/C19H22N2O3/c1-14-12-18(24-2)11-8-16(14)4-3-5-19(23)21-20-13-15-6-9-17(22)10-7-15/h6-13,22H,3-5H2,1-2H3,(H,21,23). The van der Waals surface area contributed by atoms with Gasteiger partial charge in [0.1, 0.15) is 11.5 Å². The Balaban J connectivity index is 1.74. The minimum absolute atomic E-state index is 0.115. The Bertz CT molecular complexity index is 709. The number of hydrogen-bond donors (Lipinski definition) is 2. The molecule has 0 atom stereocenters. The Morgan fingerprint density at radius 1 is 1.25 bits per heavy atom. The van der Waals surface area contributed by atoms with Crippen molar-refractivity contribution in [1.29, 1.82) is 0 Å². The molecule has 0 fully saturated rings. The fourth-order valence-corrected chi connectivity index (χ4v) is 2.31. The molecule has 2 aromatic rings. The molecule has 0 aromatic heterocycles. The zero-order valence-electron chi connectivity index (χ0n) is 14.0. The van der Waals surface area contributed by atoms with Gasteiger partial charge in [0.25, 0.3) is 0 Å². The average molecular weight is 326 g/mol. The maximum Gasteiger partial charge on any atom is 0.240 e. The summed E-state index contributed by atoms with van der Waals surface area (Å²) in [5.74, 6) is 0.929. The molecule has 0 radical (unpaired) electrons. The van der Waals surface area contributed by atoms with Gasteiger partial charge in [-0.15, -0.1) is 0 Å². The highest BCUT2D eigenvalue weighted by molar-refractivity contribution is 5.82. The number of rotatable bonds is 7. The lowest BCUT2D eigenvalue weighted by molar-refractivity contribution is -0.121. The van der Waals surface area contributed by atoms with E-state index in [0.29, 0.717) is 6.42 Å². The zero-order valence-corrected chi connectivity index (χ0v) is 14.0. The maximum absolute atomic E-state index is 11.8. The number of hydrogen-bond acceptors (Lipinski definition) is 4. The van der Waals surface area contributed by atoms with Gasteiger partial charge in [0.05, 0.1) is 13.3 Å². The summed E-state index contributed by atoms with van der Waals surface area (Å²) in [4.78, 5) is 11.8. The van der Waals surface area contributed by atoms with Crippen LogP contribution >= 0.6 is 0 Å². The third-order valence-corrected chi connectivity index (χ3v) is 3.70. The highest BCUT2D eigenvalue weighted by atomic mass is 16.5. The van der Waals surface area contributed by atoms with Crippen molar-refractivity contribution in [3.05, 3.63) is 59.2 Å². The molecule has 0 saturated carbocycles. The quantitative estimate of drug-likeness (QED) is 0.606. The van der Waals surface area contributed by atoms with Crippen LogP contribution in [0.3, 0.4) is 0 Å². The first-order chi connectivity index (χ1) is 11.6. The molecule has 5 heteroatoms. The number of carbonyl (C=O) groups excluding carboxylic acids is 1. The van der Waals surface area contributed by atoms with Gasteiger partial charge in [-0.3, -0.25) is 4.79 Å². The van der Waals surface area contributed by atoms with Crippen LogP contribution in [0.25, 0.3) is 0 Å². The Hall–Kier alpha value is -2.82. The lowest BCUT2D eigenvalue weighted by Gasteiger charge is -2.07. The van der Waals surface area contributed by atoms with Gasteiger partial charge in [-0.25, -0.2) is 5.43 Å². The van der Waals surface area contributed by atoms with Gasteiger partial charge in [0.15, 0.2) is 0 Å². The largest absolute Gasteiger partial charge is 0.508 e. The molecular weight excluding hydrogens is 304 g/mol. The normalized spacial score (nSPS) is 10.8. The number of hydrazone groups is 1. The number of nitrogens with one attached hydrogen (secondary N) is 1. The first-order valence-electron chi connectivity index (χ1n) is 7.83. The van der Waals surface area contributed by atoms with E-state index in [4.69, 9.17) is 4.74 Å². The first-order valence-corrected chi connectivity index (χ1v) is 7.83. The molecule has 2 aromatic carbocycles. The average Bonchev–Trinajstić information content (AvgIpc) is 2.58. The highest BCUT2D eigenvalue weighted by Gasteiger charge is 2.03. The molecule has 0 aliphatic heterocycles. The second-order valence-corrected chi connectivity index (χ2v) is 5.53. The van der Waals surface area contributed by atoms with Crippen LogP contribution < -0.4 is 10.2 Å². The van der Waals surface area contributed by atoms with Crippen molar-refractivity contribution in [2.75, 3.05) is 7.11 Å². The van der Waals surface area contributed by atoms with Gasteiger partial charge >= 0.3 is 0 Å². The second kappa shape index (κ2) is 8.72. The number of ether oxygens (including phenoxy) is 1. The molecular formula is C19H22N2O3. The zero-order chi connectivity index (χ0) is 17.4. The van der Waals surface area contributed by atoms with Crippen LogP contribution in [0.1, 0.15) is 29.5 Å². The van der Waals surface area contributed by atoms with E-state index in [-0.39, 0.29) is 11.7 Å². The summed E-state index contributed by atoms with van der Waals surface area (Å²) >= 11 is 0. The SMILES string of the molecule is COc1ccc(CCCC(=O)NN=Cc2ccc(O)cc2)c(C)c1. The third-order valence-electron chi connectivity index (χ3n) is 3.70. The molecule has 0 aliphatic rings. The predicted molar refractivity (Wildman–Crippen MR) is 94.5 cm³/mol. The van der Waals surface area contributed by atoms with E-state index in [1.165, 1.54) is 11.1 Å². The van der Waals surface area contributed by atoms with E-state index < -0.39 is 0 Å². The number of methoxy groups -OCH3 is 1. The van der Waals surface area contributed by atoms with E-state index in [1.54, 1.807) is 37.6 Å². The van der Waals surface area contributed by atoms with Crippen molar-refractivity contribution in [3.8, 4) is 11.5 Å². The summed E-state index contributed by atoms with van der Waals surface area (Å²) in [6.45, 7) is 2.04. The van der Waals surface area contributed by atoms with Gasteiger partial charge in [-0.2, -0.15) is 5.10 Å². The summed E-state index contributed by atoms with van der Waals surface area (Å²) in [6, 6.07) is 12.5. The fraction of sp³-hybridized carbons (Fsp3) is 0.263. The van der Waals surface area contributed by atoms with Crippen molar-refractivity contribution >= 4 is 12.1 Å². The van der Waals surface area contributed by atoms with Crippen LogP contribution in [0.4, 0.5) is 0 Å². The highest BCUT2D eigenvalue weighted by Crippen LogP contribution is 2.18. The van der Waals surface area contributed by atoms with Crippen molar-refractivity contribution in [2.24, 2.45) is 5.10 Å². The Kier molecular flexibility index (Phi) is 6.37. The van der Waals surface area contributed by atoms with E-state index in [2.05, 4.69) is 10.5 Å². The van der Waals surface area contributed by atoms with Crippen molar-refractivity contribution in [3.63, 3.8) is 0 Å². The molecule has 24 heavy (non-hydrogen) atoms. The molecule has 126 valence electrons. The van der Waals surface area contributed by atoms with Crippen molar-refractivity contribution < 1.29 is 14.6 Å². The number of aromatic hydroxyl groups is 1. The van der Waals surface area contributed by atoms with Crippen LogP contribution in [-0.2, 0) is 11.2 Å². The number of benzene rings is 2. The Morgan fingerprint density at radius 2 is 2.00 bits per heavy atom. The van der Waals surface area contributed by atoms with Gasteiger partial charge in [-0.05, 0) is 72.9 Å². The van der Waals surface area contributed by atoms with Gasteiger partial charge in [0.2, 0.25) is 5.91 Å². The van der Waals surface area contributed by atoms with Gasteiger partial charge in [0, 0.05) is 6.42 Å². The lowest BCUT2D eigenvalue weighted by Crippen LogP contribution is -2.17. The van der Waals surface area contributed by atoms with Crippen LogP contribution in [0.2, 0.25) is 0 Å². The number of carbonyl (C=O) groups is 1. The van der Waals surface area contributed by atoms with Gasteiger partial charge < -0.3 is 9.84 Å². The second-order valence-electron chi connectivity index (χ2n) is 5.53. The van der Waals surface area contributed by atoms with E-state index >= 15 is 0 Å². The molecule has 0 heterocycles. The van der Waals surface area contributed by atoms with Gasteiger partial charge in [-0.1, -0.05) is 6.07 Å². The third kappa shape index (κ3) is 5.43. The van der Waals surface area contributed by atoms with Crippen LogP contribution in [0.15, 0.2) is 47.6 Å². The number of nitrogens with zero attached hydrogens (tertiary/aromatic N) is 1. The van der Waals surface area contributed by atoms with E-state index in [0.717, 1.165) is 24.2 Å². The topological polar surface area (TPSA) is 70.9 Å². The van der Waals surface area contributed by atoms with Crippen molar-refractivity contribution in [2.45, 2.75) is 26.2 Å². The molecule has 2 N–H and O–H groups in total. The number of aryl methyl sites for hydroxylation is 2. The summed E-state index contributed by atoms with van der Waals surface area (Å²) < 4.78 is 5.19. The number of phenols is 1. The molecule has 0 spiro atoms. The smallest absolute Gasteiger partial charge is 0.240 e. The van der Waals surface area contributed by atoms with Crippen LogP contribution in [-0.4, -0.2) is 24.3 Å². The summed E-state index contributed by atoms with van der Waals surface area (Å²) in [5, 5.41) is 13.1. The minimum Gasteiger partial charge on any atom is -0.508 e. The maximum atomic E-state index is 11.8. The summed E-state index contributed by atoms with van der Waals surface area (Å²) in [6.07, 6.45) is 3.56. The summed E-state index contributed by atoms with van der Waals surface area (Å²) in [5.41, 5.74) is 5.71. The number of amides is 1. The van der Waals surface area contributed by atoms with Crippen LogP contribution in [0.5, 0.6) is 11.5 Å². The minimum atomic E-state index is -0.115. The molecule has 0 bridgehead atoms. The molecule has 0 unspecified atom stereocenters. The Morgan fingerprint density at radius 3 is 2.67 bits per heavy atom. The molecule has 1 amide bonds. The molecule has 2 rings (SSSR count). The summed E-state index contributed by atoms with van der Waals surface area (Å²) in [7, 11) is 1.65. The van der Waals surface area contributed by atoms with E-state index in [1.807, 2.05) is 25.1 Å². The Labute approximate surface area is 142 Å². The molecule has 5 nitrogen and oxygen atoms in total. The van der Waals surface area contributed by atoms with Crippen molar-refractivity contribution in [1.82, 2.24) is 5.43 Å². The van der Waals surface area contributed by atoms with E-state index in [9.17, 15) is 9.90 Å². The first kappa shape index (κ1) is 17.5. The monoisotopic (exact) mass is 326 g/mol. The fourth-order valence-electron chi connectivity index (χ4n) is 2.31. The predicted octanol–water partition coefficient (Wildman–Crippen LogP) is 3.18. The number of phenolic OH excluding ortho intramolecular Hbond substituents is 1.